The summed E-state index contributed by atoms with van der Waals surface area (Å²) >= 11 is 0. The number of hydrogen-bond acceptors (Lipinski definition) is 4. The van der Waals surface area contributed by atoms with Crippen molar-refractivity contribution in [2.75, 3.05) is 43.1 Å². The van der Waals surface area contributed by atoms with Crippen LogP contribution in [-0.4, -0.2) is 44.7 Å². The van der Waals surface area contributed by atoms with E-state index in [9.17, 15) is 9.59 Å². The molecule has 0 unspecified atom stereocenters. The number of anilines is 2. The van der Waals surface area contributed by atoms with E-state index in [-0.39, 0.29) is 11.8 Å². The summed E-state index contributed by atoms with van der Waals surface area (Å²) < 4.78 is 5.42. The molecule has 0 bridgehead atoms. The Bertz CT molecular complexity index is 1180. The van der Waals surface area contributed by atoms with Crippen LogP contribution < -0.4 is 15.5 Å². The molecule has 0 radical (unpaired) electrons. The average molecular weight is 486 g/mol. The summed E-state index contributed by atoms with van der Waals surface area (Å²) in [6, 6.07) is 21.2. The largest absolute Gasteiger partial charge is 0.378 e. The molecule has 6 nitrogen and oxygen atoms in total. The third-order valence-corrected chi connectivity index (χ3v) is 6.47. The highest BCUT2D eigenvalue weighted by Crippen LogP contribution is 2.26. The van der Waals surface area contributed by atoms with E-state index in [0.29, 0.717) is 23.6 Å². The number of nitrogens with one attached hydrogen (secondary N) is 2. The Labute approximate surface area is 213 Å². The van der Waals surface area contributed by atoms with E-state index in [1.807, 2.05) is 73.7 Å². The lowest BCUT2D eigenvalue weighted by Gasteiger charge is -2.28. The van der Waals surface area contributed by atoms with E-state index in [1.54, 1.807) is 0 Å². The highest BCUT2D eigenvalue weighted by atomic mass is 16.5. The molecule has 3 aromatic rings. The van der Waals surface area contributed by atoms with Crippen molar-refractivity contribution >= 4 is 23.2 Å². The van der Waals surface area contributed by atoms with Crippen LogP contribution in [0.4, 0.5) is 11.4 Å². The van der Waals surface area contributed by atoms with Gasteiger partial charge in [-0.05, 0) is 84.5 Å². The van der Waals surface area contributed by atoms with Crippen molar-refractivity contribution in [1.82, 2.24) is 5.32 Å². The number of hydrogen-bond donors (Lipinski definition) is 2. The number of carbonyl (C=O) groups is 2. The molecule has 1 aliphatic rings. The van der Waals surface area contributed by atoms with Crippen LogP contribution in [0.5, 0.6) is 0 Å². The number of nitrogens with zero attached hydrogens (tertiary/aromatic N) is 1. The van der Waals surface area contributed by atoms with Crippen LogP contribution in [0.25, 0.3) is 11.1 Å². The molecule has 1 saturated heterocycles. The van der Waals surface area contributed by atoms with Gasteiger partial charge in [0.05, 0.1) is 13.2 Å². The SMILES string of the molecule is Cc1ccc(C(=O)Nc2ccc(N3CCOCC3)cc2)cc1-c1ccc(C(=O)NCCC(C)C)cc1. The zero-order valence-corrected chi connectivity index (χ0v) is 21.3. The van der Waals surface area contributed by atoms with E-state index in [2.05, 4.69) is 29.4 Å². The Hall–Kier alpha value is -3.64. The second-order valence-electron chi connectivity index (χ2n) is 9.65. The molecule has 3 aromatic carbocycles. The van der Waals surface area contributed by atoms with Crippen molar-refractivity contribution in [3.63, 3.8) is 0 Å². The van der Waals surface area contributed by atoms with Crippen molar-refractivity contribution in [2.24, 2.45) is 5.92 Å². The van der Waals surface area contributed by atoms with Crippen LogP contribution in [0, 0.1) is 12.8 Å². The summed E-state index contributed by atoms with van der Waals surface area (Å²) in [5.41, 5.74) is 6.11. The zero-order chi connectivity index (χ0) is 25.5. The molecule has 0 aliphatic carbocycles. The fraction of sp³-hybridized carbons (Fsp3) is 0.333. The molecule has 0 saturated carbocycles. The van der Waals surface area contributed by atoms with Gasteiger partial charge >= 0.3 is 0 Å². The number of aryl methyl sites for hydroxylation is 1. The van der Waals surface area contributed by atoms with Crippen molar-refractivity contribution in [3.8, 4) is 11.1 Å². The molecule has 0 aromatic heterocycles. The van der Waals surface area contributed by atoms with Crippen molar-refractivity contribution in [3.05, 3.63) is 83.4 Å². The van der Waals surface area contributed by atoms with Gasteiger partial charge in [0.2, 0.25) is 0 Å². The molecule has 188 valence electrons. The summed E-state index contributed by atoms with van der Waals surface area (Å²) in [7, 11) is 0. The van der Waals surface area contributed by atoms with Crippen LogP contribution in [0.3, 0.4) is 0 Å². The topological polar surface area (TPSA) is 70.7 Å². The zero-order valence-electron chi connectivity index (χ0n) is 21.3. The number of benzene rings is 3. The first-order chi connectivity index (χ1) is 17.4. The summed E-state index contributed by atoms with van der Waals surface area (Å²) in [5.74, 6) is 0.331. The first-order valence-corrected chi connectivity index (χ1v) is 12.6. The van der Waals surface area contributed by atoms with E-state index in [0.717, 1.165) is 60.8 Å². The standard InChI is InChI=1S/C30H35N3O3/c1-21(2)14-15-31-29(34)24-8-6-23(7-9-24)28-20-25(5-4-22(28)3)30(35)32-26-10-12-27(13-11-26)33-16-18-36-19-17-33/h4-13,20-21H,14-19H2,1-3H3,(H,31,34)(H,32,35). The maximum atomic E-state index is 13.0. The number of ether oxygens (including phenoxy) is 1. The molecule has 1 fully saturated rings. The van der Waals surface area contributed by atoms with Gasteiger partial charge in [0.15, 0.2) is 0 Å². The van der Waals surface area contributed by atoms with Crippen LogP contribution in [0.15, 0.2) is 66.7 Å². The summed E-state index contributed by atoms with van der Waals surface area (Å²) in [4.78, 5) is 27.7. The first-order valence-electron chi connectivity index (χ1n) is 12.6. The van der Waals surface area contributed by atoms with Crippen molar-refractivity contribution in [1.29, 1.82) is 0 Å². The van der Waals surface area contributed by atoms with Gasteiger partial charge in [-0.15, -0.1) is 0 Å². The van der Waals surface area contributed by atoms with Crippen molar-refractivity contribution in [2.45, 2.75) is 27.2 Å². The van der Waals surface area contributed by atoms with Gasteiger partial charge in [-0.1, -0.05) is 32.0 Å². The maximum absolute atomic E-state index is 13.0. The van der Waals surface area contributed by atoms with E-state index in [4.69, 9.17) is 4.74 Å². The number of rotatable bonds is 8. The van der Waals surface area contributed by atoms with Gasteiger partial charge in [0, 0.05) is 42.1 Å². The number of carbonyl (C=O) groups excluding carboxylic acids is 2. The predicted molar refractivity (Wildman–Crippen MR) is 146 cm³/mol. The molecule has 0 spiro atoms. The fourth-order valence-electron chi connectivity index (χ4n) is 4.23. The molecule has 6 heteroatoms. The van der Waals surface area contributed by atoms with Gasteiger partial charge < -0.3 is 20.3 Å². The molecular weight excluding hydrogens is 450 g/mol. The number of morpholine rings is 1. The fourth-order valence-corrected chi connectivity index (χ4v) is 4.23. The van der Waals surface area contributed by atoms with Gasteiger partial charge in [-0.2, -0.15) is 0 Å². The van der Waals surface area contributed by atoms with E-state index in [1.165, 1.54) is 0 Å². The lowest BCUT2D eigenvalue weighted by Crippen LogP contribution is -2.36. The third-order valence-electron chi connectivity index (χ3n) is 6.47. The lowest BCUT2D eigenvalue weighted by molar-refractivity contribution is 0.0951. The maximum Gasteiger partial charge on any atom is 0.255 e. The van der Waals surface area contributed by atoms with Crippen molar-refractivity contribution < 1.29 is 14.3 Å². The Balaban J connectivity index is 1.42. The van der Waals surface area contributed by atoms with Crippen LogP contribution in [0.2, 0.25) is 0 Å². The monoisotopic (exact) mass is 485 g/mol. The van der Waals surface area contributed by atoms with E-state index < -0.39 is 0 Å². The summed E-state index contributed by atoms with van der Waals surface area (Å²) in [6.45, 7) is 10.2. The van der Waals surface area contributed by atoms with Crippen LogP contribution in [0.1, 0.15) is 46.5 Å². The summed E-state index contributed by atoms with van der Waals surface area (Å²) in [5, 5.41) is 5.97. The second kappa shape index (κ2) is 11.9. The summed E-state index contributed by atoms with van der Waals surface area (Å²) in [6.07, 6.45) is 0.954. The lowest BCUT2D eigenvalue weighted by atomic mass is 9.97. The van der Waals surface area contributed by atoms with Gasteiger partial charge in [-0.25, -0.2) is 0 Å². The Morgan fingerprint density at radius 1 is 0.889 bits per heavy atom. The van der Waals surface area contributed by atoms with Gasteiger partial charge in [-0.3, -0.25) is 9.59 Å². The molecule has 4 rings (SSSR count). The van der Waals surface area contributed by atoms with Gasteiger partial charge in [0.25, 0.3) is 11.8 Å². The second-order valence-corrected chi connectivity index (χ2v) is 9.65. The molecule has 0 atom stereocenters. The average Bonchev–Trinajstić information content (AvgIpc) is 2.89. The minimum Gasteiger partial charge on any atom is -0.378 e. The quantitative estimate of drug-likeness (QED) is 0.440. The molecule has 1 aliphatic heterocycles. The third kappa shape index (κ3) is 6.52. The Morgan fingerprint density at radius 3 is 2.22 bits per heavy atom. The van der Waals surface area contributed by atoms with E-state index >= 15 is 0 Å². The smallest absolute Gasteiger partial charge is 0.255 e. The van der Waals surface area contributed by atoms with Crippen LogP contribution in [-0.2, 0) is 4.74 Å². The molecule has 36 heavy (non-hydrogen) atoms. The highest BCUT2D eigenvalue weighted by Gasteiger charge is 2.13. The molecular formula is C30H35N3O3. The molecule has 2 amide bonds. The van der Waals surface area contributed by atoms with Crippen LogP contribution >= 0.6 is 0 Å². The minimum atomic E-state index is -0.156. The molecule has 2 N–H and O–H groups in total. The first kappa shape index (κ1) is 25.5. The minimum absolute atomic E-state index is 0.0633. The Kier molecular flexibility index (Phi) is 8.39. The predicted octanol–water partition coefficient (Wildman–Crippen LogP) is 5.53. The Morgan fingerprint density at radius 2 is 1.56 bits per heavy atom. The molecule has 1 heterocycles. The highest BCUT2D eigenvalue weighted by molar-refractivity contribution is 6.05. The van der Waals surface area contributed by atoms with Gasteiger partial charge in [0.1, 0.15) is 0 Å². The normalized spacial score (nSPS) is 13.5. The number of amides is 2.